The molecular weight excluding hydrogens is 739 g/mol. The lowest BCUT2D eigenvalue weighted by molar-refractivity contribution is -0.0135. The number of azo groups is 2. The van der Waals surface area contributed by atoms with Gasteiger partial charge in [-0.1, -0.05) is 26.2 Å². The fraction of sp³-hybridized carbons (Fsp3) is 1.00. The molecule has 0 radical (unpaired) electrons. The molecule has 6 aliphatic rings. The molecule has 0 aromatic rings. The van der Waals surface area contributed by atoms with E-state index in [0.717, 1.165) is 32.1 Å². The molecule has 52 heavy (non-hydrogen) atoms. The molecule has 6 fully saturated rings. The average Bonchev–Trinajstić information content (AvgIpc) is 3.06. The zero-order chi connectivity index (χ0) is 37.6. The third-order valence-corrected chi connectivity index (χ3v) is 17.3. The fourth-order valence-corrected chi connectivity index (χ4v) is 14.1. The molecule has 19 heteroatoms. The number of rotatable bonds is 9. The Morgan fingerprint density at radius 1 is 0.558 bits per heavy atom. The van der Waals surface area contributed by atoms with E-state index in [1.54, 1.807) is 0 Å². The van der Waals surface area contributed by atoms with Crippen LogP contribution in [-0.4, -0.2) is 113 Å². The van der Waals surface area contributed by atoms with Gasteiger partial charge in [0.2, 0.25) is 0 Å². The first-order valence-corrected chi connectivity index (χ1v) is 23.7. The van der Waals surface area contributed by atoms with Crippen LogP contribution in [-0.2, 0) is 30.4 Å². The van der Waals surface area contributed by atoms with E-state index >= 15 is 0 Å². The van der Waals surface area contributed by atoms with E-state index in [2.05, 4.69) is 25.8 Å². The van der Waals surface area contributed by atoms with Crippen molar-refractivity contribution in [2.75, 3.05) is 0 Å². The smallest absolute Gasteiger partial charge is 0.270 e. The molecular formula is C33H57N5O11S3. The number of nitrogens with zero attached hydrogens (tertiary/aromatic N) is 4. The molecule has 15 unspecified atom stereocenters. The van der Waals surface area contributed by atoms with Gasteiger partial charge in [-0.05, 0) is 113 Å². The molecule has 0 aliphatic heterocycles. The summed E-state index contributed by atoms with van der Waals surface area (Å²) >= 11 is 0. The number of nitrogens with one attached hydrogen (secondary N) is 1. The average molecular weight is 796 g/mol. The minimum absolute atomic E-state index is 0.0699. The van der Waals surface area contributed by atoms with Gasteiger partial charge in [-0.15, -0.1) is 0 Å². The molecule has 6 aliphatic carbocycles. The molecule has 16 nitrogen and oxygen atoms in total. The van der Waals surface area contributed by atoms with Crippen LogP contribution in [0.3, 0.4) is 0 Å². The van der Waals surface area contributed by atoms with Gasteiger partial charge in [0.15, 0.2) is 0 Å². The summed E-state index contributed by atoms with van der Waals surface area (Å²) in [6, 6.07) is -1.79. The molecule has 0 aromatic carbocycles. The van der Waals surface area contributed by atoms with Gasteiger partial charge in [0.25, 0.3) is 30.4 Å². The van der Waals surface area contributed by atoms with Crippen molar-refractivity contribution in [3.63, 3.8) is 0 Å². The Balaban J connectivity index is 1.06. The van der Waals surface area contributed by atoms with Crippen molar-refractivity contribution in [1.82, 2.24) is 5.32 Å². The Morgan fingerprint density at radius 2 is 1.21 bits per heavy atom. The van der Waals surface area contributed by atoms with Crippen LogP contribution >= 0.6 is 0 Å². The zero-order valence-electron chi connectivity index (χ0n) is 29.8. The van der Waals surface area contributed by atoms with E-state index in [9.17, 15) is 49.1 Å². The molecule has 0 aromatic heterocycles. The Labute approximate surface area is 307 Å². The van der Waals surface area contributed by atoms with Crippen molar-refractivity contribution in [1.29, 1.82) is 0 Å². The van der Waals surface area contributed by atoms with E-state index in [1.165, 1.54) is 19.3 Å². The number of fused-ring (bicyclic) bond motifs is 2. The summed E-state index contributed by atoms with van der Waals surface area (Å²) in [6.07, 6.45) is 7.97. The SMILES string of the molecule is CC1CC(N=NC2C(O)C3CCC(NC4CCCCC4)CC3CC2S(=O)(=O)O)C(O)CC1N=NC1CCC2C(C1)CC(S(=O)(=O)O)CC2S(=O)(=O)O. The summed E-state index contributed by atoms with van der Waals surface area (Å²) in [6.45, 7) is 1.93. The van der Waals surface area contributed by atoms with Crippen molar-refractivity contribution in [2.24, 2.45) is 50.0 Å². The van der Waals surface area contributed by atoms with Gasteiger partial charge in [0.05, 0.1) is 40.8 Å². The maximum Gasteiger partial charge on any atom is 0.270 e. The zero-order valence-corrected chi connectivity index (χ0v) is 32.2. The van der Waals surface area contributed by atoms with E-state index in [-0.39, 0.29) is 61.6 Å². The van der Waals surface area contributed by atoms with Crippen LogP contribution in [0.15, 0.2) is 20.5 Å². The van der Waals surface area contributed by atoms with E-state index < -0.39 is 82.2 Å². The van der Waals surface area contributed by atoms with Gasteiger partial charge in [-0.25, -0.2) is 0 Å². The molecule has 0 amide bonds. The second-order valence-electron chi connectivity index (χ2n) is 16.9. The van der Waals surface area contributed by atoms with E-state index in [0.29, 0.717) is 31.7 Å². The van der Waals surface area contributed by atoms with Crippen molar-refractivity contribution in [2.45, 2.75) is 174 Å². The van der Waals surface area contributed by atoms with Gasteiger partial charge < -0.3 is 15.5 Å². The van der Waals surface area contributed by atoms with Crippen molar-refractivity contribution < 1.29 is 49.1 Å². The van der Waals surface area contributed by atoms with Crippen molar-refractivity contribution in [3.05, 3.63) is 0 Å². The topological polar surface area (TPSA) is 265 Å². The van der Waals surface area contributed by atoms with Crippen LogP contribution in [0.1, 0.15) is 110 Å². The lowest BCUT2D eigenvalue weighted by Gasteiger charge is -2.47. The minimum atomic E-state index is -4.54. The highest BCUT2D eigenvalue weighted by molar-refractivity contribution is 7.87. The maximum atomic E-state index is 12.6. The maximum absolute atomic E-state index is 12.6. The second-order valence-corrected chi connectivity index (χ2v) is 21.8. The molecule has 6 rings (SSSR count). The van der Waals surface area contributed by atoms with Crippen molar-refractivity contribution >= 4 is 30.4 Å². The summed E-state index contributed by atoms with van der Waals surface area (Å²) in [5.74, 6) is -1.17. The standard InChI is InChI=1S/C33H57N5O11S3/c1-18-11-28(29(39)17-27(18)36-35-23-8-9-25-19(13-23)14-24(50(41,42)43)16-30(25)51(44,45)46)37-38-32-31(52(47,48)49)15-20-12-22(7-10-26(20)33(32)40)34-21-5-3-2-4-6-21/h18-34,39-40H,2-17H2,1H3,(H,41,42,43)(H,44,45,46)(H,47,48,49). The first-order valence-electron chi connectivity index (χ1n) is 19.2. The molecule has 0 spiro atoms. The quantitative estimate of drug-likeness (QED) is 0.144. The highest BCUT2D eigenvalue weighted by Gasteiger charge is 2.52. The van der Waals surface area contributed by atoms with Crippen LogP contribution < -0.4 is 5.32 Å². The highest BCUT2D eigenvalue weighted by atomic mass is 32.2. The van der Waals surface area contributed by atoms with Gasteiger partial charge in [0.1, 0.15) is 11.3 Å². The summed E-state index contributed by atoms with van der Waals surface area (Å²) in [5, 5.41) is 40.2. The predicted molar refractivity (Wildman–Crippen MR) is 191 cm³/mol. The Hall–Kier alpha value is -1.19. The number of aliphatic hydroxyl groups excluding tert-OH is 2. The van der Waals surface area contributed by atoms with Gasteiger partial charge in [-0.3, -0.25) is 13.7 Å². The van der Waals surface area contributed by atoms with Crippen LogP contribution in [0.4, 0.5) is 0 Å². The molecule has 15 atom stereocenters. The second kappa shape index (κ2) is 16.1. The number of aliphatic hydroxyl groups is 2. The molecule has 0 heterocycles. The lowest BCUT2D eigenvalue weighted by Crippen LogP contribution is -2.56. The van der Waals surface area contributed by atoms with Crippen LogP contribution in [0.5, 0.6) is 0 Å². The molecule has 6 N–H and O–H groups in total. The van der Waals surface area contributed by atoms with Crippen molar-refractivity contribution in [3.8, 4) is 0 Å². The third-order valence-electron chi connectivity index (χ3n) is 13.5. The van der Waals surface area contributed by atoms with Gasteiger partial charge >= 0.3 is 0 Å². The summed E-state index contributed by atoms with van der Waals surface area (Å²) in [7, 11) is -13.6. The van der Waals surface area contributed by atoms with Gasteiger partial charge in [0, 0.05) is 12.1 Å². The number of hydrogen-bond donors (Lipinski definition) is 6. The van der Waals surface area contributed by atoms with Crippen LogP contribution in [0, 0.1) is 29.6 Å². The Morgan fingerprint density at radius 3 is 1.88 bits per heavy atom. The summed E-state index contributed by atoms with van der Waals surface area (Å²) in [4.78, 5) is 0. The van der Waals surface area contributed by atoms with E-state index in [1.807, 2.05) is 6.92 Å². The predicted octanol–water partition coefficient (Wildman–Crippen LogP) is 3.61. The molecule has 0 bridgehead atoms. The molecule has 6 saturated carbocycles. The first kappa shape index (κ1) is 40.5. The van der Waals surface area contributed by atoms with Crippen LogP contribution in [0.2, 0.25) is 0 Å². The molecule has 298 valence electrons. The van der Waals surface area contributed by atoms with Gasteiger partial charge in [-0.2, -0.15) is 45.7 Å². The largest absolute Gasteiger partial charge is 0.391 e. The lowest BCUT2D eigenvalue weighted by atomic mass is 9.66. The normalized spacial score (nSPS) is 44.4. The molecule has 0 saturated heterocycles. The number of hydrogen-bond acceptors (Lipinski definition) is 13. The fourth-order valence-electron chi connectivity index (χ4n) is 10.7. The third kappa shape index (κ3) is 9.42. The Bertz CT molecular complexity index is 1640. The summed E-state index contributed by atoms with van der Waals surface area (Å²) < 4.78 is 103. The van der Waals surface area contributed by atoms with E-state index in [4.69, 9.17) is 0 Å². The monoisotopic (exact) mass is 795 g/mol. The first-order chi connectivity index (χ1) is 24.4. The van der Waals surface area contributed by atoms with Crippen LogP contribution in [0.25, 0.3) is 0 Å². The minimum Gasteiger partial charge on any atom is -0.391 e. The highest BCUT2D eigenvalue weighted by Crippen LogP contribution is 2.47. The summed E-state index contributed by atoms with van der Waals surface area (Å²) in [5.41, 5.74) is 0. The Kier molecular flexibility index (Phi) is 12.5.